The quantitative estimate of drug-likeness (QED) is 0.667. The van der Waals surface area contributed by atoms with Crippen LogP contribution in [0.5, 0.6) is 0 Å². The zero-order valence-electron chi connectivity index (χ0n) is 6.88. The van der Waals surface area contributed by atoms with Crippen molar-refractivity contribution in [2.45, 2.75) is 4.90 Å². The van der Waals surface area contributed by atoms with E-state index in [9.17, 15) is 4.79 Å². The molecule has 4 heteroatoms. The predicted molar refractivity (Wildman–Crippen MR) is 52.5 cm³/mol. The largest absolute Gasteiger partial charge is 0.293 e. The van der Waals surface area contributed by atoms with E-state index in [1.165, 1.54) is 11.9 Å². The molecular formula is C9H8N2OS. The Morgan fingerprint density at radius 3 is 2.69 bits per heavy atom. The van der Waals surface area contributed by atoms with E-state index in [2.05, 4.69) is 4.99 Å². The van der Waals surface area contributed by atoms with E-state index < -0.39 is 0 Å². The van der Waals surface area contributed by atoms with Crippen LogP contribution in [0.3, 0.4) is 0 Å². The van der Waals surface area contributed by atoms with Crippen LogP contribution in [0.2, 0.25) is 0 Å². The van der Waals surface area contributed by atoms with Crippen molar-refractivity contribution in [2.24, 2.45) is 4.99 Å². The van der Waals surface area contributed by atoms with Crippen molar-refractivity contribution >= 4 is 24.2 Å². The fraction of sp³-hybridized carbons (Fsp3) is 0.111. The first kappa shape index (κ1) is 8.31. The van der Waals surface area contributed by atoms with Gasteiger partial charge in [0.2, 0.25) is 0 Å². The van der Waals surface area contributed by atoms with Crippen LogP contribution in [-0.4, -0.2) is 23.1 Å². The molecule has 0 aliphatic carbocycles. The Bertz CT molecular complexity index is 337. The molecule has 3 nitrogen and oxygen atoms in total. The summed E-state index contributed by atoms with van der Waals surface area (Å²) in [6.45, 7) is 0.375. The van der Waals surface area contributed by atoms with Gasteiger partial charge in [-0.3, -0.25) is 9.10 Å². The van der Waals surface area contributed by atoms with Crippen LogP contribution >= 0.6 is 11.9 Å². The second-order valence-electron chi connectivity index (χ2n) is 2.62. The molecule has 0 N–H and O–H groups in total. The molecule has 1 amide bonds. The smallest absolute Gasteiger partial charge is 0.267 e. The molecule has 1 aliphatic heterocycles. The van der Waals surface area contributed by atoms with E-state index in [1.807, 2.05) is 34.6 Å². The summed E-state index contributed by atoms with van der Waals surface area (Å²) in [5.74, 6) is -0.0802. The number of carbonyl (C=O) groups is 1. The highest BCUT2D eigenvalue weighted by Crippen LogP contribution is 2.21. The fourth-order valence-corrected chi connectivity index (χ4v) is 1.84. The highest BCUT2D eigenvalue weighted by molar-refractivity contribution is 7.97. The number of benzene rings is 1. The second-order valence-corrected chi connectivity index (χ2v) is 3.74. The first-order valence-electron chi connectivity index (χ1n) is 3.91. The zero-order chi connectivity index (χ0) is 9.10. The topological polar surface area (TPSA) is 32.7 Å². The SMILES string of the molecule is O=C1CN(Sc2ccccc2)C=N1. The average molecular weight is 192 g/mol. The Morgan fingerprint density at radius 1 is 1.31 bits per heavy atom. The molecule has 0 saturated heterocycles. The second kappa shape index (κ2) is 3.62. The van der Waals surface area contributed by atoms with Crippen LogP contribution in [0.1, 0.15) is 0 Å². The van der Waals surface area contributed by atoms with Crippen molar-refractivity contribution in [1.29, 1.82) is 0 Å². The van der Waals surface area contributed by atoms with E-state index in [0.29, 0.717) is 6.54 Å². The summed E-state index contributed by atoms with van der Waals surface area (Å²) in [6.07, 6.45) is 1.57. The van der Waals surface area contributed by atoms with Gasteiger partial charge in [-0.1, -0.05) is 18.2 Å². The molecule has 0 aromatic heterocycles. The van der Waals surface area contributed by atoms with E-state index in [0.717, 1.165) is 4.90 Å². The van der Waals surface area contributed by atoms with Gasteiger partial charge >= 0.3 is 0 Å². The maximum absolute atomic E-state index is 10.8. The molecule has 0 unspecified atom stereocenters. The van der Waals surface area contributed by atoms with Crippen LogP contribution in [0.25, 0.3) is 0 Å². The Morgan fingerprint density at radius 2 is 2.08 bits per heavy atom. The lowest BCUT2D eigenvalue weighted by Gasteiger charge is -2.10. The number of aliphatic imine (C=N–C) groups is 1. The zero-order valence-corrected chi connectivity index (χ0v) is 7.70. The van der Waals surface area contributed by atoms with Gasteiger partial charge in [0.05, 0.1) is 0 Å². The molecule has 1 aromatic carbocycles. The van der Waals surface area contributed by atoms with Crippen LogP contribution < -0.4 is 0 Å². The predicted octanol–water partition coefficient (Wildman–Crippen LogP) is 1.56. The van der Waals surface area contributed by atoms with Crippen molar-refractivity contribution in [3.63, 3.8) is 0 Å². The minimum Gasteiger partial charge on any atom is -0.293 e. The molecule has 66 valence electrons. The summed E-state index contributed by atoms with van der Waals surface area (Å²) in [6, 6.07) is 9.91. The van der Waals surface area contributed by atoms with E-state index in [4.69, 9.17) is 0 Å². The van der Waals surface area contributed by atoms with Crippen molar-refractivity contribution in [2.75, 3.05) is 6.54 Å². The normalized spacial score (nSPS) is 15.4. The summed E-state index contributed by atoms with van der Waals surface area (Å²) < 4.78 is 1.82. The Kier molecular flexibility index (Phi) is 2.31. The van der Waals surface area contributed by atoms with Crippen LogP contribution in [-0.2, 0) is 4.79 Å². The van der Waals surface area contributed by atoms with Gasteiger partial charge in [-0.15, -0.1) is 0 Å². The van der Waals surface area contributed by atoms with Gasteiger partial charge in [-0.2, -0.15) is 0 Å². The molecule has 1 aliphatic rings. The van der Waals surface area contributed by atoms with Gasteiger partial charge in [-0.05, 0) is 24.1 Å². The first-order valence-corrected chi connectivity index (χ1v) is 4.68. The monoisotopic (exact) mass is 192 g/mol. The third kappa shape index (κ3) is 2.09. The number of nitrogens with zero attached hydrogens (tertiary/aromatic N) is 2. The molecule has 13 heavy (non-hydrogen) atoms. The van der Waals surface area contributed by atoms with Crippen LogP contribution in [0.4, 0.5) is 0 Å². The molecule has 0 bridgehead atoms. The molecule has 0 spiro atoms. The number of hydrogen-bond acceptors (Lipinski definition) is 3. The molecule has 1 heterocycles. The summed E-state index contributed by atoms with van der Waals surface area (Å²) in [5.41, 5.74) is 0. The highest BCUT2D eigenvalue weighted by Gasteiger charge is 2.13. The minimum absolute atomic E-state index is 0.0802. The van der Waals surface area contributed by atoms with Crippen LogP contribution in [0, 0.1) is 0 Å². The lowest BCUT2D eigenvalue weighted by molar-refractivity contribution is -0.116. The van der Waals surface area contributed by atoms with E-state index >= 15 is 0 Å². The van der Waals surface area contributed by atoms with Gasteiger partial charge in [0.1, 0.15) is 12.9 Å². The Labute approximate surface area is 80.6 Å². The maximum Gasteiger partial charge on any atom is 0.267 e. The number of carbonyl (C=O) groups excluding carboxylic acids is 1. The third-order valence-electron chi connectivity index (χ3n) is 1.59. The minimum atomic E-state index is -0.0802. The van der Waals surface area contributed by atoms with E-state index in [-0.39, 0.29) is 5.91 Å². The highest BCUT2D eigenvalue weighted by atomic mass is 32.2. The lowest BCUT2D eigenvalue weighted by atomic mass is 10.4. The Hall–Kier alpha value is -1.29. The maximum atomic E-state index is 10.8. The summed E-state index contributed by atoms with van der Waals surface area (Å²) in [5, 5.41) is 0. The lowest BCUT2D eigenvalue weighted by Crippen LogP contribution is -2.12. The molecular weight excluding hydrogens is 184 g/mol. The fourth-order valence-electron chi connectivity index (χ4n) is 1.02. The van der Waals surface area contributed by atoms with Gasteiger partial charge in [0.25, 0.3) is 5.91 Å². The van der Waals surface area contributed by atoms with Gasteiger partial charge < -0.3 is 0 Å². The number of rotatable bonds is 2. The summed E-state index contributed by atoms with van der Waals surface area (Å²) in [4.78, 5) is 15.6. The van der Waals surface area contributed by atoms with E-state index in [1.54, 1.807) is 6.34 Å². The summed E-state index contributed by atoms with van der Waals surface area (Å²) in [7, 11) is 0. The van der Waals surface area contributed by atoms with Crippen molar-refractivity contribution in [3.8, 4) is 0 Å². The first-order chi connectivity index (χ1) is 6.34. The van der Waals surface area contributed by atoms with Gasteiger partial charge in [0, 0.05) is 4.90 Å². The number of hydrogen-bond donors (Lipinski definition) is 0. The average Bonchev–Trinajstić information content (AvgIpc) is 2.53. The molecule has 2 rings (SSSR count). The van der Waals surface area contributed by atoms with Crippen molar-refractivity contribution in [3.05, 3.63) is 30.3 Å². The standard InChI is InChI=1S/C9H8N2OS/c12-9-6-11(7-10-9)13-8-4-2-1-3-5-8/h1-5,7H,6H2. The molecule has 0 atom stereocenters. The molecule has 1 aromatic rings. The molecule has 0 radical (unpaired) electrons. The number of amides is 1. The Balaban J connectivity index is 2.00. The molecule has 0 fully saturated rings. The van der Waals surface area contributed by atoms with Gasteiger partial charge in [0.15, 0.2) is 0 Å². The van der Waals surface area contributed by atoms with Gasteiger partial charge in [-0.25, -0.2) is 4.99 Å². The van der Waals surface area contributed by atoms with Crippen molar-refractivity contribution < 1.29 is 4.79 Å². The molecule has 0 saturated carbocycles. The summed E-state index contributed by atoms with van der Waals surface area (Å²) >= 11 is 1.52. The third-order valence-corrected chi connectivity index (χ3v) is 2.53. The van der Waals surface area contributed by atoms with Crippen LogP contribution in [0.15, 0.2) is 40.2 Å². The van der Waals surface area contributed by atoms with Crippen molar-refractivity contribution in [1.82, 2.24) is 4.31 Å².